The van der Waals surface area contributed by atoms with Gasteiger partial charge in [-0.2, -0.15) is 18.3 Å². The number of halogens is 3. The summed E-state index contributed by atoms with van der Waals surface area (Å²) in [7, 11) is 1.70. The van der Waals surface area contributed by atoms with E-state index in [1.54, 1.807) is 25.4 Å². The van der Waals surface area contributed by atoms with E-state index in [4.69, 9.17) is 5.11 Å². The molecular formula is C21H15F3N2O2. The summed E-state index contributed by atoms with van der Waals surface area (Å²) in [6.45, 7) is -0.433. The maximum Gasteiger partial charge on any atom is 0.425 e. The lowest BCUT2D eigenvalue weighted by Crippen LogP contribution is -2.41. The molecule has 4 nitrogen and oxygen atoms in total. The van der Waals surface area contributed by atoms with Crippen molar-refractivity contribution in [2.24, 2.45) is 7.05 Å². The van der Waals surface area contributed by atoms with Gasteiger partial charge in [-0.05, 0) is 23.3 Å². The highest BCUT2D eigenvalue weighted by Gasteiger charge is 2.61. The first-order valence-corrected chi connectivity index (χ1v) is 8.43. The van der Waals surface area contributed by atoms with E-state index < -0.39 is 18.4 Å². The number of rotatable bonds is 1. The van der Waals surface area contributed by atoms with E-state index in [1.807, 2.05) is 0 Å². The molecule has 0 fully saturated rings. The Bertz CT molecular complexity index is 1140. The molecule has 0 bridgehead atoms. The second-order valence-corrected chi connectivity index (χ2v) is 6.56. The number of aliphatic hydroxyl groups excluding tert-OH is 1. The standard InChI is InChI=1S/C21H15F3N2O2/c1-26-12-15(11-25-26)14-9-13(5-4-8-27)19-16-6-2-3-7-17(16)20(28,18(19)10-14)21(22,23)24/h2-3,6-7,9-12,27-28H,8H2,1H3. The van der Waals surface area contributed by atoms with Gasteiger partial charge in [0, 0.05) is 41.1 Å². The number of hydrogen-bond donors (Lipinski definition) is 2. The molecule has 7 heteroatoms. The van der Waals surface area contributed by atoms with Gasteiger partial charge in [0.15, 0.2) is 0 Å². The molecule has 3 aromatic rings. The molecule has 1 aliphatic carbocycles. The van der Waals surface area contributed by atoms with Gasteiger partial charge >= 0.3 is 6.18 Å². The molecule has 0 aliphatic heterocycles. The summed E-state index contributed by atoms with van der Waals surface area (Å²) in [6, 6.07) is 8.87. The van der Waals surface area contributed by atoms with Crippen LogP contribution in [0.1, 0.15) is 16.7 Å². The second kappa shape index (κ2) is 6.23. The third-order valence-corrected chi connectivity index (χ3v) is 4.86. The van der Waals surface area contributed by atoms with Crippen LogP contribution in [0, 0.1) is 11.8 Å². The van der Waals surface area contributed by atoms with Crippen molar-refractivity contribution in [2.45, 2.75) is 11.8 Å². The molecule has 0 radical (unpaired) electrons. The van der Waals surface area contributed by atoms with E-state index in [2.05, 4.69) is 16.9 Å². The third kappa shape index (κ3) is 2.53. The van der Waals surface area contributed by atoms with Crippen molar-refractivity contribution in [1.82, 2.24) is 9.78 Å². The number of aliphatic hydroxyl groups is 2. The Morgan fingerprint density at radius 1 is 1.14 bits per heavy atom. The molecule has 0 saturated heterocycles. The van der Waals surface area contributed by atoms with Crippen LogP contribution in [0.5, 0.6) is 0 Å². The van der Waals surface area contributed by atoms with Crippen LogP contribution in [0.15, 0.2) is 48.8 Å². The lowest BCUT2D eigenvalue weighted by atomic mass is 9.88. The molecule has 1 heterocycles. The first-order chi connectivity index (χ1) is 13.3. The van der Waals surface area contributed by atoms with Crippen LogP contribution in [0.25, 0.3) is 22.3 Å². The van der Waals surface area contributed by atoms with E-state index in [1.165, 1.54) is 35.1 Å². The molecule has 1 unspecified atom stereocenters. The van der Waals surface area contributed by atoms with Crippen LogP contribution >= 0.6 is 0 Å². The van der Waals surface area contributed by atoms with Gasteiger partial charge in [0.05, 0.1) is 6.20 Å². The summed E-state index contributed by atoms with van der Waals surface area (Å²) in [5.41, 5.74) is -1.80. The van der Waals surface area contributed by atoms with Crippen molar-refractivity contribution < 1.29 is 23.4 Å². The second-order valence-electron chi connectivity index (χ2n) is 6.56. The van der Waals surface area contributed by atoms with Crippen LogP contribution in [-0.2, 0) is 12.6 Å². The Morgan fingerprint density at radius 3 is 2.54 bits per heavy atom. The molecule has 0 saturated carbocycles. The van der Waals surface area contributed by atoms with Gasteiger partial charge in [-0.1, -0.05) is 36.1 Å². The highest BCUT2D eigenvalue weighted by atomic mass is 19.4. The Balaban J connectivity index is 2.10. The van der Waals surface area contributed by atoms with Gasteiger partial charge in [-0.3, -0.25) is 4.68 Å². The Labute approximate surface area is 158 Å². The molecule has 0 spiro atoms. The Kier molecular flexibility index (Phi) is 4.07. The molecular weight excluding hydrogens is 369 g/mol. The Hall–Kier alpha value is -3.08. The topological polar surface area (TPSA) is 58.3 Å². The zero-order valence-corrected chi connectivity index (χ0v) is 14.7. The zero-order chi connectivity index (χ0) is 20.1. The molecule has 142 valence electrons. The fraction of sp³-hybridized carbons (Fsp3) is 0.190. The molecule has 2 aromatic carbocycles. The van der Waals surface area contributed by atoms with Gasteiger partial charge in [0.1, 0.15) is 6.61 Å². The first-order valence-electron chi connectivity index (χ1n) is 8.43. The average Bonchev–Trinajstić information content (AvgIpc) is 3.20. The predicted molar refractivity (Wildman–Crippen MR) is 97.1 cm³/mol. The first kappa shape index (κ1) is 18.3. The number of fused-ring (bicyclic) bond motifs is 3. The van der Waals surface area contributed by atoms with Gasteiger partial charge < -0.3 is 10.2 Å². The quantitative estimate of drug-likeness (QED) is 0.634. The molecule has 1 aliphatic rings. The highest BCUT2D eigenvalue weighted by molar-refractivity contribution is 5.88. The van der Waals surface area contributed by atoms with E-state index in [9.17, 15) is 18.3 Å². The smallest absolute Gasteiger partial charge is 0.384 e. The van der Waals surface area contributed by atoms with Gasteiger partial charge in [-0.15, -0.1) is 0 Å². The number of aromatic nitrogens is 2. The minimum absolute atomic E-state index is 0.226. The van der Waals surface area contributed by atoms with Crippen LogP contribution < -0.4 is 0 Å². The zero-order valence-electron chi connectivity index (χ0n) is 14.7. The molecule has 0 amide bonds. The number of benzene rings is 2. The summed E-state index contributed by atoms with van der Waals surface area (Å²) in [5, 5.41) is 24.1. The molecule has 28 heavy (non-hydrogen) atoms. The van der Waals surface area contributed by atoms with Gasteiger partial charge in [-0.25, -0.2) is 0 Å². The SMILES string of the molecule is Cn1cc(-c2cc(C#CCO)c3c(c2)C(O)(C(F)(F)F)c2ccccc2-3)cn1. The number of alkyl halides is 3. The maximum absolute atomic E-state index is 14.1. The van der Waals surface area contributed by atoms with Crippen molar-refractivity contribution in [1.29, 1.82) is 0 Å². The molecule has 1 aromatic heterocycles. The van der Waals surface area contributed by atoms with Crippen molar-refractivity contribution in [3.8, 4) is 34.1 Å². The van der Waals surface area contributed by atoms with E-state index >= 15 is 0 Å². The van der Waals surface area contributed by atoms with Crippen LogP contribution in [0.2, 0.25) is 0 Å². The van der Waals surface area contributed by atoms with Crippen molar-refractivity contribution in [3.63, 3.8) is 0 Å². The lowest BCUT2D eigenvalue weighted by molar-refractivity contribution is -0.246. The predicted octanol–water partition coefficient (Wildman–Crippen LogP) is 3.21. The van der Waals surface area contributed by atoms with E-state index in [0.29, 0.717) is 16.7 Å². The molecule has 2 N–H and O–H groups in total. The summed E-state index contributed by atoms with van der Waals surface area (Å²) in [4.78, 5) is 0. The minimum atomic E-state index is -4.93. The van der Waals surface area contributed by atoms with Crippen molar-refractivity contribution in [3.05, 3.63) is 65.5 Å². The van der Waals surface area contributed by atoms with Crippen LogP contribution in [0.3, 0.4) is 0 Å². The molecule has 4 rings (SSSR count). The average molecular weight is 384 g/mol. The number of nitrogens with zero attached hydrogens (tertiary/aromatic N) is 2. The normalized spacial score (nSPS) is 17.6. The van der Waals surface area contributed by atoms with Crippen molar-refractivity contribution in [2.75, 3.05) is 6.61 Å². The van der Waals surface area contributed by atoms with Crippen LogP contribution in [-0.4, -0.2) is 32.8 Å². The van der Waals surface area contributed by atoms with Crippen LogP contribution in [0.4, 0.5) is 13.2 Å². The summed E-state index contributed by atoms with van der Waals surface area (Å²) in [5.74, 6) is 5.23. The fourth-order valence-electron chi connectivity index (χ4n) is 3.66. The van der Waals surface area contributed by atoms with E-state index in [0.717, 1.165) is 0 Å². The lowest BCUT2D eigenvalue weighted by Gasteiger charge is -2.28. The monoisotopic (exact) mass is 384 g/mol. The summed E-state index contributed by atoms with van der Waals surface area (Å²) in [6.07, 6.45) is -1.73. The minimum Gasteiger partial charge on any atom is -0.384 e. The Morgan fingerprint density at radius 2 is 1.89 bits per heavy atom. The third-order valence-electron chi connectivity index (χ3n) is 4.86. The highest BCUT2D eigenvalue weighted by Crippen LogP contribution is 2.56. The summed E-state index contributed by atoms with van der Waals surface area (Å²) < 4.78 is 43.8. The molecule has 1 atom stereocenters. The van der Waals surface area contributed by atoms with Crippen molar-refractivity contribution >= 4 is 0 Å². The largest absolute Gasteiger partial charge is 0.425 e. The van der Waals surface area contributed by atoms with Gasteiger partial charge in [0.2, 0.25) is 5.60 Å². The fourth-order valence-corrected chi connectivity index (χ4v) is 3.66. The van der Waals surface area contributed by atoms with E-state index in [-0.39, 0.29) is 22.3 Å². The number of aryl methyl sites for hydroxylation is 1. The maximum atomic E-state index is 14.1. The van der Waals surface area contributed by atoms with Gasteiger partial charge in [0.25, 0.3) is 0 Å². The number of hydrogen-bond acceptors (Lipinski definition) is 3. The summed E-state index contributed by atoms with van der Waals surface area (Å²) >= 11 is 0.